The van der Waals surface area contributed by atoms with Gasteiger partial charge in [0.25, 0.3) is 0 Å². The van der Waals surface area contributed by atoms with Crippen molar-refractivity contribution in [3.05, 3.63) is 23.9 Å². The molecule has 1 fully saturated rings. The summed E-state index contributed by atoms with van der Waals surface area (Å²) in [5.74, 6) is 1.04. The van der Waals surface area contributed by atoms with Gasteiger partial charge >= 0.3 is 0 Å². The summed E-state index contributed by atoms with van der Waals surface area (Å²) in [6.07, 6.45) is 6.96. The zero-order valence-electron chi connectivity index (χ0n) is 9.35. The Morgan fingerprint density at radius 2 is 1.88 bits per heavy atom. The molecule has 0 aromatic carbocycles. The molecule has 0 amide bonds. The second kappa shape index (κ2) is 5.25. The van der Waals surface area contributed by atoms with Crippen LogP contribution in [0.15, 0.2) is 18.3 Å². The molecule has 16 heavy (non-hydrogen) atoms. The Bertz CT molecular complexity index is 353. The molecule has 1 saturated heterocycles. The van der Waals surface area contributed by atoms with Gasteiger partial charge in [-0.15, -0.1) is 0 Å². The van der Waals surface area contributed by atoms with Crippen LogP contribution in [-0.4, -0.2) is 23.1 Å². The molecule has 0 saturated carbocycles. The van der Waals surface area contributed by atoms with E-state index in [0.29, 0.717) is 4.99 Å². The number of nitrogens with two attached hydrogens (primary N) is 1. The molecule has 1 aromatic heterocycles. The van der Waals surface area contributed by atoms with Gasteiger partial charge in [0.15, 0.2) is 0 Å². The van der Waals surface area contributed by atoms with Crippen molar-refractivity contribution >= 4 is 23.0 Å². The van der Waals surface area contributed by atoms with Crippen molar-refractivity contribution in [2.24, 2.45) is 5.73 Å². The first-order valence-electron chi connectivity index (χ1n) is 5.78. The minimum absolute atomic E-state index is 0.412. The van der Waals surface area contributed by atoms with E-state index in [1.54, 1.807) is 6.20 Å². The molecule has 0 unspecified atom stereocenters. The van der Waals surface area contributed by atoms with Crippen LogP contribution in [-0.2, 0) is 0 Å². The van der Waals surface area contributed by atoms with E-state index in [0.717, 1.165) is 24.5 Å². The lowest BCUT2D eigenvalue weighted by molar-refractivity contribution is 0.726. The number of hydrogen-bond donors (Lipinski definition) is 1. The Balaban J connectivity index is 2.10. The van der Waals surface area contributed by atoms with Crippen LogP contribution >= 0.6 is 12.2 Å². The Labute approximate surface area is 102 Å². The minimum Gasteiger partial charge on any atom is -0.389 e. The van der Waals surface area contributed by atoms with Gasteiger partial charge in [0.05, 0.1) is 0 Å². The number of thiocarbonyl (C=S) groups is 1. The highest BCUT2D eigenvalue weighted by molar-refractivity contribution is 7.80. The van der Waals surface area contributed by atoms with Gasteiger partial charge in [-0.05, 0) is 25.0 Å². The third kappa shape index (κ3) is 2.70. The largest absolute Gasteiger partial charge is 0.389 e. The van der Waals surface area contributed by atoms with Crippen LogP contribution < -0.4 is 10.6 Å². The Morgan fingerprint density at radius 1 is 1.19 bits per heavy atom. The van der Waals surface area contributed by atoms with Crippen LogP contribution in [0.3, 0.4) is 0 Å². The second-order valence-corrected chi connectivity index (χ2v) is 4.61. The minimum atomic E-state index is 0.412. The second-order valence-electron chi connectivity index (χ2n) is 4.17. The smallest absolute Gasteiger partial charge is 0.128 e. The van der Waals surface area contributed by atoms with E-state index in [2.05, 4.69) is 9.88 Å². The van der Waals surface area contributed by atoms with E-state index >= 15 is 0 Å². The molecular weight excluding hydrogens is 218 g/mol. The highest BCUT2D eigenvalue weighted by Crippen LogP contribution is 2.17. The van der Waals surface area contributed by atoms with Crippen molar-refractivity contribution in [2.45, 2.75) is 25.7 Å². The zero-order valence-corrected chi connectivity index (χ0v) is 10.2. The normalized spacial score (nSPS) is 16.9. The number of nitrogens with zero attached hydrogens (tertiary/aromatic N) is 2. The summed E-state index contributed by atoms with van der Waals surface area (Å²) in [6, 6.07) is 3.97. The molecule has 2 N–H and O–H groups in total. The van der Waals surface area contributed by atoms with Crippen LogP contribution in [0.25, 0.3) is 0 Å². The quantitative estimate of drug-likeness (QED) is 0.797. The lowest BCUT2D eigenvalue weighted by Crippen LogP contribution is -2.25. The van der Waals surface area contributed by atoms with Crippen LogP contribution in [0.2, 0.25) is 0 Å². The van der Waals surface area contributed by atoms with E-state index < -0.39 is 0 Å². The molecule has 0 atom stereocenters. The third-order valence-corrected chi connectivity index (χ3v) is 3.20. The fraction of sp³-hybridized carbons (Fsp3) is 0.500. The summed E-state index contributed by atoms with van der Waals surface area (Å²) in [6.45, 7) is 2.22. The molecule has 0 spiro atoms. The maximum atomic E-state index is 5.55. The highest BCUT2D eigenvalue weighted by atomic mass is 32.1. The molecule has 4 heteroatoms. The van der Waals surface area contributed by atoms with E-state index in [4.69, 9.17) is 18.0 Å². The SMILES string of the molecule is NC(=S)c1ccc(N2CCCCCC2)nc1. The zero-order chi connectivity index (χ0) is 11.4. The van der Waals surface area contributed by atoms with Crippen molar-refractivity contribution < 1.29 is 0 Å². The molecule has 1 aliphatic heterocycles. The average molecular weight is 235 g/mol. The van der Waals surface area contributed by atoms with E-state index in [1.807, 2.05) is 12.1 Å². The van der Waals surface area contributed by atoms with Crippen LogP contribution in [0, 0.1) is 0 Å². The number of aromatic nitrogens is 1. The van der Waals surface area contributed by atoms with E-state index in [1.165, 1.54) is 25.7 Å². The van der Waals surface area contributed by atoms with Crippen LogP contribution in [0.5, 0.6) is 0 Å². The molecule has 2 heterocycles. The third-order valence-electron chi connectivity index (χ3n) is 2.96. The van der Waals surface area contributed by atoms with Gasteiger partial charge in [0, 0.05) is 24.8 Å². The average Bonchev–Trinajstić information content (AvgIpc) is 2.57. The first kappa shape index (κ1) is 11.3. The summed E-state index contributed by atoms with van der Waals surface area (Å²) < 4.78 is 0. The standard InChI is InChI=1S/C12H17N3S/c13-12(16)10-5-6-11(14-9-10)15-7-3-1-2-4-8-15/h5-6,9H,1-4,7-8H2,(H2,13,16). The van der Waals surface area contributed by atoms with Crippen molar-refractivity contribution in [1.82, 2.24) is 4.98 Å². The first-order chi connectivity index (χ1) is 7.77. The number of hydrogen-bond acceptors (Lipinski definition) is 3. The molecule has 0 radical (unpaired) electrons. The van der Waals surface area contributed by atoms with Crippen molar-refractivity contribution in [2.75, 3.05) is 18.0 Å². The molecule has 1 aromatic rings. The Morgan fingerprint density at radius 3 is 2.38 bits per heavy atom. The van der Waals surface area contributed by atoms with Gasteiger partial charge in [0.1, 0.15) is 10.8 Å². The fourth-order valence-corrected chi connectivity index (χ4v) is 2.14. The molecule has 86 valence electrons. The van der Waals surface area contributed by atoms with E-state index in [9.17, 15) is 0 Å². The Kier molecular flexibility index (Phi) is 3.72. The lowest BCUT2D eigenvalue weighted by Gasteiger charge is -2.21. The molecular formula is C12H17N3S. The maximum absolute atomic E-state index is 5.55. The number of anilines is 1. The van der Waals surface area contributed by atoms with Gasteiger partial charge in [-0.2, -0.15) is 0 Å². The number of rotatable bonds is 2. The van der Waals surface area contributed by atoms with E-state index in [-0.39, 0.29) is 0 Å². The first-order valence-corrected chi connectivity index (χ1v) is 6.19. The molecule has 0 aliphatic carbocycles. The van der Waals surface area contributed by atoms with Crippen molar-refractivity contribution in [1.29, 1.82) is 0 Å². The molecule has 3 nitrogen and oxygen atoms in total. The molecule has 0 bridgehead atoms. The Hall–Kier alpha value is -1.16. The lowest BCUT2D eigenvalue weighted by atomic mass is 10.2. The summed E-state index contributed by atoms with van der Waals surface area (Å²) in [5, 5.41) is 0. The summed E-state index contributed by atoms with van der Waals surface area (Å²) in [4.78, 5) is 7.18. The van der Waals surface area contributed by atoms with Gasteiger partial charge < -0.3 is 10.6 Å². The van der Waals surface area contributed by atoms with Gasteiger partial charge in [-0.25, -0.2) is 4.98 Å². The summed E-state index contributed by atoms with van der Waals surface area (Å²) in [7, 11) is 0. The summed E-state index contributed by atoms with van der Waals surface area (Å²) in [5.41, 5.74) is 6.39. The predicted molar refractivity (Wildman–Crippen MR) is 70.8 cm³/mol. The number of pyridine rings is 1. The predicted octanol–water partition coefficient (Wildman–Crippen LogP) is 2.10. The van der Waals surface area contributed by atoms with Gasteiger partial charge in [0.2, 0.25) is 0 Å². The fourth-order valence-electron chi connectivity index (χ4n) is 2.02. The van der Waals surface area contributed by atoms with Gasteiger partial charge in [-0.1, -0.05) is 25.1 Å². The summed E-state index contributed by atoms with van der Waals surface area (Å²) >= 11 is 4.91. The van der Waals surface area contributed by atoms with Crippen LogP contribution in [0.4, 0.5) is 5.82 Å². The molecule has 2 rings (SSSR count). The molecule has 1 aliphatic rings. The maximum Gasteiger partial charge on any atom is 0.128 e. The van der Waals surface area contributed by atoms with Crippen LogP contribution in [0.1, 0.15) is 31.2 Å². The topological polar surface area (TPSA) is 42.1 Å². The van der Waals surface area contributed by atoms with Gasteiger partial charge in [-0.3, -0.25) is 0 Å². The van der Waals surface area contributed by atoms with Crippen molar-refractivity contribution in [3.8, 4) is 0 Å². The highest BCUT2D eigenvalue weighted by Gasteiger charge is 2.10. The monoisotopic (exact) mass is 235 g/mol. The van der Waals surface area contributed by atoms with Crippen molar-refractivity contribution in [3.63, 3.8) is 0 Å².